The molecule has 0 radical (unpaired) electrons. The van der Waals surface area contributed by atoms with Crippen LogP contribution in [0.5, 0.6) is 0 Å². The first-order chi connectivity index (χ1) is 8.11. The molecule has 0 saturated heterocycles. The first kappa shape index (κ1) is 14.5. The molecule has 0 aliphatic heterocycles. The summed E-state index contributed by atoms with van der Waals surface area (Å²) in [6, 6.07) is 3.56. The van der Waals surface area contributed by atoms with E-state index in [1.807, 2.05) is 13.0 Å². The van der Waals surface area contributed by atoms with Gasteiger partial charge < -0.3 is 10.4 Å². The van der Waals surface area contributed by atoms with Crippen LogP contribution in [0.4, 0.5) is 5.82 Å². The molecule has 17 heavy (non-hydrogen) atoms. The van der Waals surface area contributed by atoms with Crippen molar-refractivity contribution in [1.29, 1.82) is 0 Å². The second-order valence-corrected chi connectivity index (χ2v) is 5.66. The van der Waals surface area contributed by atoms with Crippen LogP contribution in [0.3, 0.4) is 0 Å². The molecule has 1 heterocycles. The van der Waals surface area contributed by atoms with Gasteiger partial charge in [0.15, 0.2) is 0 Å². The number of nitrogens with zero attached hydrogens (tertiary/aromatic N) is 1. The van der Waals surface area contributed by atoms with Crippen LogP contribution >= 0.6 is 27.7 Å². The lowest BCUT2D eigenvalue weighted by atomic mass is 10.2. The highest BCUT2D eigenvalue weighted by Gasteiger charge is 2.05. The summed E-state index contributed by atoms with van der Waals surface area (Å²) in [5.41, 5.74) is 0. The Morgan fingerprint density at radius 2 is 2.41 bits per heavy atom. The molecule has 0 aliphatic rings. The number of aliphatic hydroxyl groups excluding tert-OH is 1. The van der Waals surface area contributed by atoms with Gasteiger partial charge in [-0.3, -0.25) is 4.79 Å². The maximum absolute atomic E-state index is 11.5. The molecule has 4 nitrogen and oxygen atoms in total. The second-order valence-electron chi connectivity index (χ2n) is 3.71. The molecular weight excluding hydrogens is 304 g/mol. The quantitative estimate of drug-likeness (QED) is 0.843. The molecule has 94 valence electrons. The van der Waals surface area contributed by atoms with E-state index in [2.05, 4.69) is 26.2 Å². The van der Waals surface area contributed by atoms with Gasteiger partial charge in [-0.2, -0.15) is 11.8 Å². The molecule has 1 unspecified atom stereocenters. The van der Waals surface area contributed by atoms with Gasteiger partial charge in [-0.15, -0.1) is 0 Å². The number of aliphatic hydroxyl groups is 1. The normalized spacial score (nSPS) is 12.2. The molecule has 0 fully saturated rings. The molecule has 1 aromatic rings. The Kier molecular flexibility index (Phi) is 6.54. The molecule has 2 N–H and O–H groups in total. The number of amides is 1. The number of anilines is 1. The van der Waals surface area contributed by atoms with Crippen LogP contribution in [0.25, 0.3) is 0 Å². The molecule has 0 saturated carbocycles. The lowest BCUT2D eigenvalue weighted by Gasteiger charge is -2.07. The fourth-order valence-electron chi connectivity index (χ4n) is 1.03. The van der Waals surface area contributed by atoms with Crippen molar-refractivity contribution < 1.29 is 9.90 Å². The summed E-state index contributed by atoms with van der Waals surface area (Å²) in [5, 5.41) is 11.5. The van der Waals surface area contributed by atoms with Crippen LogP contribution in [-0.4, -0.2) is 34.1 Å². The van der Waals surface area contributed by atoms with Crippen molar-refractivity contribution in [2.24, 2.45) is 5.92 Å². The van der Waals surface area contributed by atoms with Gasteiger partial charge in [0.2, 0.25) is 5.91 Å². The van der Waals surface area contributed by atoms with Crippen molar-refractivity contribution in [3.63, 3.8) is 0 Å². The smallest absolute Gasteiger partial charge is 0.235 e. The Morgan fingerprint density at radius 1 is 1.65 bits per heavy atom. The van der Waals surface area contributed by atoms with Crippen LogP contribution in [-0.2, 0) is 4.79 Å². The van der Waals surface area contributed by atoms with Crippen molar-refractivity contribution >= 4 is 39.4 Å². The number of aromatic nitrogens is 1. The lowest BCUT2D eigenvalue weighted by molar-refractivity contribution is -0.113. The third-order valence-electron chi connectivity index (χ3n) is 1.94. The van der Waals surface area contributed by atoms with E-state index in [-0.39, 0.29) is 18.4 Å². The van der Waals surface area contributed by atoms with E-state index in [1.54, 1.807) is 12.3 Å². The van der Waals surface area contributed by atoms with Crippen molar-refractivity contribution in [3.8, 4) is 0 Å². The Labute approximate surface area is 113 Å². The average molecular weight is 319 g/mol. The number of carbonyl (C=O) groups excluding carboxylic acids is 1. The SMILES string of the molecule is CC(CO)CSCC(=O)Nc1ccc(Br)cn1. The van der Waals surface area contributed by atoms with E-state index < -0.39 is 0 Å². The number of rotatable bonds is 6. The summed E-state index contributed by atoms with van der Waals surface area (Å²) in [6.07, 6.45) is 1.64. The fourth-order valence-corrected chi connectivity index (χ4v) is 2.15. The standard InChI is InChI=1S/C11H15BrN2O2S/c1-8(5-15)6-17-7-11(16)14-10-3-2-9(12)4-13-10/h2-4,8,15H,5-7H2,1H3,(H,13,14,16). The Morgan fingerprint density at radius 3 is 3.00 bits per heavy atom. The molecule has 0 spiro atoms. The highest BCUT2D eigenvalue weighted by molar-refractivity contribution is 9.10. The zero-order valence-corrected chi connectivity index (χ0v) is 11.9. The molecule has 1 amide bonds. The zero-order chi connectivity index (χ0) is 12.7. The number of hydrogen-bond donors (Lipinski definition) is 2. The predicted molar refractivity (Wildman–Crippen MR) is 74.1 cm³/mol. The summed E-state index contributed by atoms with van der Waals surface area (Å²) < 4.78 is 0.877. The maximum atomic E-state index is 11.5. The molecule has 1 atom stereocenters. The topological polar surface area (TPSA) is 62.2 Å². The highest BCUT2D eigenvalue weighted by Crippen LogP contribution is 2.12. The van der Waals surface area contributed by atoms with E-state index >= 15 is 0 Å². The maximum Gasteiger partial charge on any atom is 0.235 e. The molecule has 1 rings (SSSR count). The van der Waals surface area contributed by atoms with Gasteiger partial charge in [0, 0.05) is 17.3 Å². The van der Waals surface area contributed by atoms with Gasteiger partial charge in [0.25, 0.3) is 0 Å². The largest absolute Gasteiger partial charge is 0.396 e. The average Bonchev–Trinajstić information content (AvgIpc) is 2.32. The minimum Gasteiger partial charge on any atom is -0.396 e. The van der Waals surface area contributed by atoms with Crippen molar-refractivity contribution in [3.05, 3.63) is 22.8 Å². The molecule has 0 aromatic carbocycles. The Hall–Kier alpha value is -0.590. The van der Waals surface area contributed by atoms with Gasteiger partial charge in [-0.1, -0.05) is 6.92 Å². The number of carbonyl (C=O) groups is 1. The molecule has 6 heteroatoms. The second kappa shape index (κ2) is 7.68. The molecule has 0 bridgehead atoms. The highest BCUT2D eigenvalue weighted by atomic mass is 79.9. The molecule has 0 aliphatic carbocycles. The summed E-state index contributed by atoms with van der Waals surface area (Å²) in [4.78, 5) is 15.6. The van der Waals surface area contributed by atoms with Crippen LogP contribution in [0.1, 0.15) is 6.92 Å². The first-order valence-electron chi connectivity index (χ1n) is 5.22. The lowest BCUT2D eigenvalue weighted by Crippen LogP contribution is -2.16. The first-order valence-corrected chi connectivity index (χ1v) is 7.16. The van der Waals surface area contributed by atoms with Gasteiger partial charge in [-0.05, 0) is 39.7 Å². The van der Waals surface area contributed by atoms with Crippen LogP contribution < -0.4 is 5.32 Å². The van der Waals surface area contributed by atoms with E-state index in [4.69, 9.17) is 5.11 Å². The minimum atomic E-state index is -0.0741. The van der Waals surface area contributed by atoms with Crippen LogP contribution in [0.15, 0.2) is 22.8 Å². The van der Waals surface area contributed by atoms with Gasteiger partial charge in [-0.25, -0.2) is 4.98 Å². The number of pyridine rings is 1. The van der Waals surface area contributed by atoms with Gasteiger partial charge in [0.05, 0.1) is 5.75 Å². The minimum absolute atomic E-state index is 0.0741. The van der Waals surface area contributed by atoms with Crippen molar-refractivity contribution in [2.45, 2.75) is 6.92 Å². The van der Waals surface area contributed by atoms with E-state index in [0.29, 0.717) is 11.6 Å². The van der Waals surface area contributed by atoms with E-state index in [9.17, 15) is 4.79 Å². The summed E-state index contributed by atoms with van der Waals surface area (Å²) in [5.74, 6) is 1.85. The summed E-state index contributed by atoms with van der Waals surface area (Å²) >= 11 is 4.78. The summed E-state index contributed by atoms with van der Waals surface area (Å²) in [7, 11) is 0. The monoisotopic (exact) mass is 318 g/mol. The number of halogens is 1. The van der Waals surface area contributed by atoms with Crippen LogP contribution in [0.2, 0.25) is 0 Å². The van der Waals surface area contributed by atoms with Crippen molar-refractivity contribution in [2.75, 3.05) is 23.4 Å². The van der Waals surface area contributed by atoms with Gasteiger partial charge >= 0.3 is 0 Å². The van der Waals surface area contributed by atoms with Crippen molar-refractivity contribution in [1.82, 2.24) is 4.98 Å². The molecular formula is C11H15BrN2O2S. The van der Waals surface area contributed by atoms with Gasteiger partial charge in [0.1, 0.15) is 5.82 Å². The van der Waals surface area contributed by atoms with E-state index in [1.165, 1.54) is 11.8 Å². The summed E-state index contributed by atoms with van der Waals surface area (Å²) in [6.45, 7) is 2.10. The van der Waals surface area contributed by atoms with E-state index in [0.717, 1.165) is 10.2 Å². The Bertz CT molecular complexity index is 359. The number of nitrogens with one attached hydrogen (secondary N) is 1. The number of thioether (sulfide) groups is 1. The third-order valence-corrected chi connectivity index (χ3v) is 3.68. The third kappa shape index (κ3) is 6.05. The zero-order valence-electron chi connectivity index (χ0n) is 9.52. The van der Waals surface area contributed by atoms with Crippen LogP contribution in [0, 0.1) is 5.92 Å². The predicted octanol–water partition coefficient (Wildman–Crippen LogP) is 2.14. The fraction of sp³-hybridized carbons (Fsp3) is 0.455. The molecule has 1 aromatic heterocycles. The number of hydrogen-bond acceptors (Lipinski definition) is 4. The Balaban J connectivity index is 2.27.